The van der Waals surface area contributed by atoms with E-state index in [2.05, 4.69) is 15.3 Å². The monoisotopic (exact) mass is 477 g/mol. The number of aliphatic hydroxyl groups is 1. The van der Waals surface area contributed by atoms with Gasteiger partial charge in [0.25, 0.3) is 0 Å². The number of nitrogens with zero attached hydrogens (tertiary/aromatic N) is 1. The molecule has 178 valence electrons. The Kier molecular flexibility index (Phi) is 6.79. The first-order chi connectivity index (χ1) is 16.7. The second kappa shape index (κ2) is 9.94. The van der Waals surface area contributed by atoms with Crippen molar-refractivity contribution in [2.24, 2.45) is 0 Å². The Morgan fingerprint density at radius 3 is 2.31 bits per heavy atom. The number of benzene rings is 3. The van der Waals surface area contributed by atoms with Gasteiger partial charge < -0.3 is 15.4 Å². The van der Waals surface area contributed by atoms with Crippen molar-refractivity contribution in [2.45, 2.75) is 18.9 Å². The zero-order valence-corrected chi connectivity index (χ0v) is 18.6. The van der Waals surface area contributed by atoms with Crippen LogP contribution in [0.15, 0.2) is 66.7 Å². The van der Waals surface area contributed by atoms with Crippen LogP contribution in [0.5, 0.6) is 0 Å². The molecule has 9 heteroatoms. The molecular formula is C26H21F2N3O4. The molecule has 7 nitrogen and oxygen atoms in total. The minimum absolute atomic E-state index is 0.0232. The molecule has 0 spiro atoms. The standard InChI is InChI=1S/C26H21F2N3O4/c1-14(32)29-13-22(33)15-5-4-6-16(9-15)24(34)23(25(35)17-10-18(27)12-19(28)11-17)26-30-20-7-2-3-8-21(20)31-26/h2-12,22-23,33H,13H2,1H3,(H,29,32)(H,30,31). The maximum Gasteiger partial charge on any atom is 0.216 e. The van der Waals surface area contributed by atoms with Gasteiger partial charge in [0.05, 0.1) is 17.1 Å². The topological polar surface area (TPSA) is 112 Å². The van der Waals surface area contributed by atoms with Crippen LogP contribution in [0.1, 0.15) is 51.0 Å². The molecule has 3 aromatic carbocycles. The fourth-order valence-electron chi connectivity index (χ4n) is 3.76. The maximum atomic E-state index is 13.9. The van der Waals surface area contributed by atoms with Gasteiger partial charge in [-0.2, -0.15) is 0 Å². The van der Waals surface area contributed by atoms with Gasteiger partial charge >= 0.3 is 0 Å². The van der Waals surface area contributed by atoms with Gasteiger partial charge in [0, 0.05) is 30.7 Å². The zero-order chi connectivity index (χ0) is 25.1. The summed E-state index contributed by atoms with van der Waals surface area (Å²) in [4.78, 5) is 45.5. The van der Waals surface area contributed by atoms with Crippen LogP contribution < -0.4 is 5.32 Å². The molecule has 1 heterocycles. The van der Waals surface area contributed by atoms with Crippen LogP contribution in [0, 0.1) is 11.6 Å². The number of ketones is 2. The second-order valence-corrected chi connectivity index (χ2v) is 8.04. The number of nitrogens with one attached hydrogen (secondary N) is 2. The Hall–Kier alpha value is -4.24. The lowest BCUT2D eigenvalue weighted by molar-refractivity contribution is -0.119. The molecule has 0 aliphatic heterocycles. The number of para-hydroxylation sites is 2. The van der Waals surface area contributed by atoms with E-state index in [0.717, 1.165) is 12.1 Å². The van der Waals surface area contributed by atoms with Gasteiger partial charge in [-0.15, -0.1) is 0 Å². The van der Waals surface area contributed by atoms with Gasteiger partial charge in [-0.25, -0.2) is 13.8 Å². The molecule has 0 saturated heterocycles. The van der Waals surface area contributed by atoms with Gasteiger partial charge in [-0.1, -0.05) is 30.3 Å². The number of carbonyl (C=O) groups excluding carboxylic acids is 3. The van der Waals surface area contributed by atoms with Gasteiger partial charge in [-0.05, 0) is 35.9 Å². The number of amides is 1. The van der Waals surface area contributed by atoms with Gasteiger partial charge in [0.1, 0.15) is 23.4 Å². The summed E-state index contributed by atoms with van der Waals surface area (Å²) in [6.07, 6.45) is -1.09. The van der Waals surface area contributed by atoms with E-state index in [1.807, 2.05) is 0 Å². The second-order valence-electron chi connectivity index (χ2n) is 8.04. The quantitative estimate of drug-likeness (QED) is 0.264. The lowest BCUT2D eigenvalue weighted by atomic mass is 9.88. The third kappa shape index (κ3) is 5.30. The summed E-state index contributed by atoms with van der Waals surface area (Å²) < 4.78 is 27.7. The van der Waals surface area contributed by atoms with Crippen molar-refractivity contribution in [2.75, 3.05) is 6.54 Å². The molecule has 1 amide bonds. The minimum Gasteiger partial charge on any atom is -0.387 e. The summed E-state index contributed by atoms with van der Waals surface area (Å²) in [6.45, 7) is 1.24. The molecule has 2 unspecified atom stereocenters. The third-order valence-corrected chi connectivity index (χ3v) is 5.45. The fourth-order valence-corrected chi connectivity index (χ4v) is 3.76. The van der Waals surface area contributed by atoms with E-state index in [4.69, 9.17) is 0 Å². The lowest BCUT2D eigenvalue weighted by Crippen LogP contribution is -2.26. The van der Waals surface area contributed by atoms with Crippen LogP contribution >= 0.6 is 0 Å². The van der Waals surface area contributed by atoms with Gasteiger partial charge in [-0.3, -0.25) is 14.4 Å². The van der Waals surface area contributed by atoms with E-state index < -0.39 is 35.2 Å². The first-order valence-electron chi connectivity index (χ1n) is 10.7. The number of rotatable bonds is 8. The average molecular weight is 477 g/mol. The molecule has 3 N–H and O–H groups in total. The summed E-state index contributed by atoms with van der Waals surface area (Å²) in [7, 11) is 0. The number of aromatic amines is 1. The Balaban J connectivity index is 1.76. The molecule has 0 radical (unpaired) electrons. The molecule has 1 aromatic heterocycles. The molecule has 4 rings (SSSR count). The fraction of sp³-hybridized carbons (Fsp3) is 0.154. The largest absolute Gasteiger partial charge is 0.387 e. The Labute approximate surface area is 198 Å². The van der Waals surface area contributed by atoms with Crippen molar-refractivity contribution >= 4 is 28.5 Å². The molecule has 0 fully saturated rings. The highest BCUT2D eigenvalue weighted by Gasteiger charge is 2.34. The predicted octanol–water partition coefficient (Wildman–Crippen LogP) is 3.86. The molecule has 0 bridgehead atoms. The Morgan fingerprint density at radius 2 is 1.63 bits per heavy atom. The van der Waals surface area contributed by atoms with Crippen molar-refractivity contribution in [3.8, 4) is 0 Å². The van der Waals surface area contributed by atoms with E-state index in [9.17, 15) is 28.3 Å². The van der Waals surface area contributed by atoms with Crippen LogP contribution in [-0.2, 0) is 4.79 Å². The number of aromatic nitrogens is 2. The smallest absolute Gasteiger partial charge is 0.216 e. The molecule has 2 atom stereocenters. The summed E-state index contributed by atoms with van der Waals surface area (Å²) >= 11 is 0. The first-order valence-corrected chi connectivity index (χ1v) is 10.7. The molecule has 0 saturated carbocycles. The van der Waals surface area contributed by atoms with Crippen molar-refractivity contribution in [3.63, 3.8) is 0 Å². The maximum absolute atomic E-state index is 13.9. The highest BCUT2D eigenvalue weighted by Crippen LogP contribution is 2.27. The molecule has 0 aliphatic carbocycles. The molecule has 35 heavy (non-hydrogen) atoms. The minimum atomic E-state index is -1.52. The highest BCUT2D eigenvalue weighted by molar-refractivity contribution is 6.19. The van der Waals surface area contributed by atoms with E-state index in [-0.39, 0.29) is 29.4 Å². The van der Waals surface area contributed by atoms with E-state index in [1.165, 1.54) is 25.1 Å². The Bertz CT molecular complexity index is 1380. The number of halogens is 2. The van der Waals surface area contributed by atoms with Crippen molar-refractivity contribution in [1.29, 1.82) is 0 Å². The summed E-state index contributed by atoms with van der Waals surface area (Å²) in [5.41, 5.74) is 1.21. The summed E-state index contributed by atoms with van der Waals surface area (Å²) in [5.74, 6) is -5.24. The summed E-state index contributed by atoms with van der Waals surface area (Å²) in [6, 6.07) is 15.2. The van der Waals surface area contributed by atoms with Crippen molar-refractivity contribution in [3.05, 3.63) is 101 Å². The number of fused-ring (bicyclic) bond motifs is 1. The number of carbonyl (C=O) groups is 3. The van der Waals surface area contributed by atoms with Gasteiger partial charge in [0.15, 0.2) is 11.6 Å². The van der Waals surface area contributed by atoms with Crippen LogP contribution in [0.2, 0.25) is 0 Å². The molecular weight excluding hydrogens is 456 g/mol. The van der Waals surface area contributed by atoms with E-state index in [1.54, 1.807) is 30.3 Å². The number of H-pyrrole nitrogens is 1. The van der Waals surface area contributed by atoms with Crippen LogP contribution in [0.3, 0.4) is 0 Å². The van der Waals surface area contributed by atoms with Crippen molar-refractivity contribution < 1.29 is 28.3 Å². The molecule has 0 aliphatic rings. The lowest BCUT2D eigenvalue weighted by Gasteiger charge is -2.16. The molecule has 4 aromatic rings. The van der Waals surface area contributed by atoms with Crippen LogP contribution in [0.25, 0.3) is 11.0 Å². The van der Waals surface area contributed by atoms with Gasteiger partial charge in [0.2, 0.25) is 5.91 Å². The van der Waals surface area contributed by atoms with Crippen LogP contribution in [-0.4, -0.2) is 39.1 Å². The number of hydrogen-bond acceptors (Lipinski definition) is 5. The number of imidazole rings is 1. The third-order valence-electron chi connectivity index (χ3n) is 5.45. The number of aliphatic hydroxyl groups excluding tert-OH is 1. The predicted molar refractivity (Wildman–Crippen MR) is 124 cm³/mol. The highest BCUT2D eigenvalue weighted by atomic mass is 19.1. The van der Waals surface area contributed by atoms with E-state index in [0.29, 0.717) is 22.7 Å². The van der Waals surface area contributed by atoms with Crippen LogP contribution in [0.4, 0.5) is 8.78 Å². The SMILES string of the molecule is CC(=O)NCC(O)c1cccc(C(=O)C(C(=O)c2cc(F)cc(F)c2)c2nc3ccccc3[nH]2)c1. The number of hydrogen-bond donors (Lipinski definition) is 3. The van der Waals surface area contributed by atoms with Crippen molar-refractivity contribution in [1.82, 2.24) is 15.3 Å². The Morgan fingerprint density at radius 1 is 0.943 bits per heavy atom. The first kappa shape index (κ1) is 23.9. The zero-order valence-electron chi connectivity index (χ0n) is 18.6. The average Bonchev–Trinajstić information content (AvgIpc) is 3.25. The van der Waals surface area contributed by atoms with E-state index >= 15 is 0 Å². The number of Topliss-reactive ketones (excluding diaryl/α,β-unsaturated/α-hetero) is 2. The normalized spacial score (nSPS) is 12.8. The summed E-state index contributed by atoms with van der Waals surface area (Å²) in [5, 5.41) is 12.9.